The molecule has 0 amide bonds. The van der Waals surface area contributed by atoms with E-state index in [0.29, 0.717) is 34.0 Å². The highest BCUT2D eigenvalue weighted by atomic mass is 19.1. The van der Waals surface area contributed by atoms with Gasteiger partial charge in [-0.1, -0.05) is 23.3 Å². The summed E-state index contributed by atoms with van der Waals surface area (Å²) >= 11 is 0. The number of halogens is 1. The number of fused-ring (bicyclic) bond motifs is 2. The Morgan fingerprint density at radius 3 is 2.50 bits per heavy atom. The predicted molar refractivity (Wildman–Crippen MR) is 141 cm³/mol. The number of rotatable bonds is 5. The zero-order chi connectivity index (χ0) is 24.1. The molecule has 0 spiro atoms. The highest BCUT2D eigenvalue weighted by Gasteiger charge is 2.43. The van der Waals surface area contributed by atoms with Crippen LogP contribution in [0.1, 0.15) is 5.82 Å². The molecule has 0 radical (unpaired) electrons. The molecule has 0 aliphatic carbocycles. The molecule has 5 aromatic rings. The minimum atomic E-state index is -0.912. The smallest absolute Gasteiger partial charge is 0.266 e. The lowest BCUT2D eigenvalue weighted by Gasteiger charge is -2.44. The molecule has 1 atom stereocenters. The van der Waals surface area contributed by atoms with Crippen molar-refractivity contribution in [3.63, 3.8) is 0 Å². The number of benzene rings is 2. The van der Waals surface area contributed by atoms with E-state index in [9.17, 15) is 9.18 Å². The largest absolute Gasteiger partial charge is 0.365 e. The first-order valence-corrected chi connectivity index (χ1v) is 10.9. The number of anilines is 1. The molecule has 5 rings (SSSR count). The van der Waals surface area contributed by atoms with Gasteiger partial charge in [0, 0.05) is 5.44 Å². The summed E-state index contributed by atoms with van der Waals surface area (Å²) in [6, 6.07) is 13.3. The standard InChI is InChI=1S/C21H20B4FN7O/c22-20(21(23,24)25,32-17-15-16(28-9-27-15)29-10-30-17)19-31-14-7-6-11(26)8-13(14)18(34)33(19)12-4-2-1-3-5-12/h1-10H,22-25H2,(H2,27,28,29,30,32)/t20-/m1/s1. The van der Waals surface area contributed by atoms with E-state index in [0.717, 1.165) is 0 Å². The van der Waals surface area contributed by atoms with Gasteiger partial charge in [-0.2, -0.15) is 0 Å². The van der Waals surface area contributed by atoms with Crippen LogP contribution in [0.3, 0.4) is 0 Å². The maximum absolute atomic E-state index is 14.1. The summed E-state index contributed by atoms with van der Waals surface area (Å²) in [7, 11) is 8.14. The Hall–Kier alpha value is -3.88. The van der Waals surface area contributed by atoms with Crippen molar-refractivity contribution in [1.82, 2.24) is 29.5 Å². The van der Waals surface area contributed by atoms with Crippen molar-refractivity contribution in [2.75, 3.05) is 5.32 Å². The highest BCUT2D eigenvalue weighted by Crippen LogP contribution is 2.39. The molecular formula is C21H20B4FN7O. The Balaban J connectivity index is 1.84. The van der Waals surface area contributed by atoms with Gasteiger partial charge in [0.25, 0.3) is 5.56 Å². The topological polar surface area (TPSA) is 101 Å². The quantitative estimate of drug-likeness (QED) is 0.337. The molecule has 13 heteroatoms. The molecule has 3 heterocycles. The van der Waals surface area contributed by atoms with Crippen molar-refractivity contribution in [1.29, 1.82) is 0 Å². The summed E-state index contributed by atoms with van der Waals surface area (Å²) in [5.41, 5.74) is 0.954. The number of imidazole rings is 1. The minimum absolute atomic E-state index is 0.209. The lowest BCUT2D eigenvalue weighted by Crippen LogP contribution is -2.52. The van der Waals surface area contributed by atoms with Gasteiger partial charge in [0.15, 0.2) is 11.5 Å². The van der Waals surface area contributed by atoms with Crippen LogP contribution >= 0.6 is 0 Å². The second kappa shape index (κ2) is 7.86. The van der Waals surface area contributed by atoms with Gasteiger partial charge < -0.3 is 10.3 Å². The maximum atomic E-state index is 14.1. The van der Waals surface area contributed by atoms with Crippen molar-refractivity contribution in [2.24, 2.45) is 0 Å². The van der Waals surface area contributed by atoms with E-state index in [-0.39, 0.29) is 10.9 Å². The lowest BCUT2D eigenvalue weighted by molar-refractivity contribution is 0.613. The summed E-state index contributed by atoms with van der Waals surface area (Å²) in [5, 5.41) is 3.28. The molecule has 3 aromatic heterocycles. The van der Waals surface area contributed by atoms with Crippen molar-refractivity contribution >= 4 is 59.3 Å². The monoisotopic (exact) mass is 449 g/mol. The molecule has 164 valence electrons. The summed E-state index contributed by atoms with van der Waals surface area (Å²) in [4.78, 5) is 34.7. The van der Waals surface area contributed by atoms with Crippen LogP contribution in [0.2, 0.25) is 5.11 Å². The average Bonchev–Trinajstić information content (AvgIpc) is 3.29. The Morgan fingerprint density at radius 1 is 1.00 bits per heavy atom. The highest BCUT2D eigenvalue weighted by molar-refractivity contribution is 6.62. The lowest BCUT2D eigenvalue weighted by atomic mass is 9.30. The fourth-order valence-electron chi connectivity index (χ4n) is 3.98. The van der Waals surface area contributed by atoms with Crippen molar-refractivity contribution in [3.8, 4) is 5.69 Å². The van der Waals surface area contributed by atoms with E-state index in [2.05, 4.69) is 48.8 Å². The zero-order valence-corrected chi connectivity index (χ0v) is 19.3. The first kappa shape index (κ1) is 21.9. The van der Waals surface area contributed by atoms with Crippen molar-refractivity contribution < 1.29 is 4.39 Å². The van der Waals surface area contributed by atoms with Crippen molar-refractivity contribution in [2.45, 2.75) is 10.6 Å². The van der Waals surface area contributed by atoms with Crippen LogP contribution in [-0.4, -0.2) is 60.9 Å². The minimum Gasteiger partial charge on any atom is -0.365 e. The van der Waals surface area contributed by atoms with Gasteiger partial charge in [-0.25, -0.2) is 24.3 Å². The predicted octanol–water partition coefficient (Wildman–Crippen LogP) is -0.938. The van der Waals surface area contributed by atoms with Gasteiger partial charge in [-0.3, -0.25) is 9.36 Å². The van der Waals surface area contributed by atoms with E-state index < -0.39 is 16.4 Å². The summed E-state index contributed by atoms with van der Waals surface area (Å²) in [5.74, 6) is 0.492. The van der Waals surface area contributed by atoms with Crippen LogP contribution in [0, 0.1) is 5.82 Å². The molecule has 0 unspecified atom stereocenters. The third kappa shape index (κ3) is 3.48. The fraction of sp³-hybridized carbons (Fsp3) is 0.0952. The molecule has 8 nitrogen and oxygen atoms in total. The number of aromatic nitrogens is 6. The number of hydrogen-bond acceptors (Lipinski definition) is 6. The summed E-state index contributed by atoms with van der Waals surface area (Å²) in [6.07, 6.45) is 3.01. The number of aromatic amines is 1. The third-order valence-corrected chi connectivity index (χ3v) is 6.38. The molecule has 0 aliphatic rings. The fourth-order valence-corrected chi connectivity index (χ4v) is 3.98. The van der Waals surface area contributed by atoms with E-state index in [1.165, 1.54) is 24.5 Å². The number of nitrogens with zero attached hydrogens (tertiary/aromatic N) is 5. The second-order valence-electron chi connectivity index (χ2n) is 9.40. The number of para-hydroxylation sites is 1. The second-order valence-corrected chi connectivity index (χ2v) is 9.40. The van der Waals surface area contributed by atoms with Gasteiger partial charge in [0.05, 0.1) is 46.5 Å². The van der Waals surface area contributed by atoms with E-state index in [1.807, 2.05) is 38.2 Å². The van der Waals surface area contributed by atoms with E-state index >= 15 is 0 Å². The van der Waals surface area contributed by atoms with Crippen molar-refractivity contribution in [3.05, 3.63) is 83.2 Å². The molecule has 0 aliphatic heterocycles. The summed E-state index contributed by atoms with van der Waals surface area (Å²) < 4.78 is 15.6. The molecular weight excluding hydrogens is 429 g/mol. The van der Waals surface area contributed by atoms with Crippen LogP contribution in [0.15, 0.2) is 66.0 Å². The zero-order valence-electron chi connectivity index (χ0n) is 19.3. The molecule has 2 aromatic carbocycles. The first-order valence-electron chi connectivity index (χ1n) is 10.9. The van der Waals surface area contributed by atoms with Gasteiger partial charge >= 0.3 is 0 Å². The van der Waals surface area contributed by atoms with Crippen LogP contribution < -0.4 is 10.9 Å². The maximum Gasteiger partial charge on any atom is 0.266 e. The van der Waals surface area contributed by atoms with Gasteiger partial charge in [0.1, 0.15) is 31.3 Å². The van der Waals surface area contributed by atoms with Crippen LogP contribution in [0.25, 0.3) is 27.8 Å². The van der Waals surface area contributed by atoms with E-state index in [1.54, 1.807) is 10.9 Å². The van der Waals surface area contributed by atoms with E-state index in [4.69, 9.17) is 4.98 Å². The average molecular weight is 449 g/mol. The molecule has 34 heavy (non-hydrogen) atoms. The Morgan fingerprint density at radius 2 is 1.76 bits per heavy atom. The molecule has 2 N–H and O–H groups in total. The number of nitrogens with one attached hydrogen (secondary N) is 2. The number of H-pyrrole nitrogens is 1. The molecule has 0 fully saturated rings. The molecule has 0 saturated carbocycles. The Bertz CT molecular complexity index is 1590. The Labute approximate surface area is 198 Å². The number of hydrogen-bond donors (Lipinski definition) is 2. The van der Waals surface area contributed by atoms with Gasteiger partial charge in [-0.15, -0.1) is 0 Å². The molecule has 0 saturated heterocycles. The van der Waals surface area contributed by atoms with Crippen LogP contribution in [0.4, 0.5) is 10.2 Å². The summed E-state index contributed by atoms with van der Waals surface area (Å²) in [6.45, 7) is 0. The van der Waals surface area contributed by atoms with Gasteiger partial charge in [0.2, 0.25) is 0 Å². The first-order chi connectivity index (χ1) is 16.2. The van der Waals surface area contributed by atoms with Crippen LogP contribution in [-0.2, 0) is 5.44 Å². The molecule has 0 bridgehead atoms. The SMILES string of the molecule is BC(B)(B)[C@](B)(Nc1ncnc2[nH]cnc12)c1nc2ccc(F)cc2c(=O)n1-c1ccccc1. The van der Waals surface area contributed by atoms with Crippen LogP contribution in [0.5, 0.6) is 0 Å². The normalized spacial score (nSPS) is 13.7. The van der Waals surface area contributed by atoms with Gasteiger partial charge in [-0.05, 0) is 30.3 Å². The Kier molecular flexibility index (Phi) is 5.07. The third-order valence-electron chi connectivity index (χ3n) is 6.38.